The molecule has 2 saturated heterocycles. The number of carbonyl (C=O) groups excluding carboxylic acids is 1. The molecule has 0 aromatic heterocycles. The molecule has 2 heterocycles. The first kappa shape index (κ1) is 13.5. The van der Waals surface area contributed by atoms with Crippen molar-refractivity contribution in [3.63, 3.8) is 0 Å². The molecule has 1 aromatic rings. The van der Waals surface area contributed by atoms with E-state index in [1.54, 1.807) is 23.1 Å². The predicted octanol–water partition coefficient (Wildman–Crippen LogP) is 1.68. The summed E-state index contributed by atoms with van der Waals surface area (Å²) < 4.78 is 19.4. The minimum Gasteiger partial charge on any atom is -0.381 e. The second kappa shape index (κ2) is 5.50. The molecular formula is C15H19FN2O2. The minimum absolute atomic E-state index is 0.0256. The maximum Gasteiger partial charge on any atom is 0.238 e. The molecule has 1 N–H and O–H groups in total. The molecule has 2 fully saturated rings. The van der Waals surface area contributed by atoms with E-state index in [9.17, 15) is 9.18 Å². The molecular weight excluding hydrogens is 259 g/mol. The zero-order chi connectivity index (χ0) is 14.1. The summed E-state index contributed by atoms with van der Waals surface area (Å²) in [7, 11) is 0. The average Bonchev–Trinajstić information content (AvgIpc) is 3.08. The van der Waals surface area contributed by atoms with Crippen LogP contribution in [0, 0.1) is 11.7 Å². The Morgan fingerprint density at radius 2 is 2.25 bits per heavy atom. The van der Waals surface area contributed by atoms with Crippen molar-refractivity contribution in [3.05, 3.63) is 35.6 Å². The summed E-state index contributed by atoms with van der Waals surface area (Å²) in [5.74, 6) is 0.0744. The van der Waals surface area contributed by atoms with Gasteiger partial charge in [-0.15, -0.1) is 0 Å². The van der Waals surface area contributed by atoms with Crippen LogP contribution in [0.25, 0.3) is 0 Å². The first-order valence-corrected chi connectivity index (χ1v) is 7.05. The molecule has 3 atom stereocenters. The molecule has 2 aliphatic rings. The van der Waals surface area contributed by atoms with Crippen molar-refractivity contribution in [3.8, 4) is 0 Å². The molecule has 0 bridgehead atoms. The lowest BCUT2D eigenvalue weighted by molar-refractivity contribution is -0.131. The van der Waals surface area contributed by atoms with Gasteiger partial charge in [-0.05, 0) is 19.4 Å². The third kappa shape index (κ3) is 2.31. The Hall–Kier alpha value is -1.46. The Kier molecular flexibility index (Phi) is 3.72. The molecule has 108 valence electrons. The van der Waals surface area contributed by atoms with Crippen LogP contribution in [0.1, 0.15) is 25.1 Å². The summed E-state index contributed by atoms with van der Waals surface area (Å²) in [5.41, 5.74) is 0.532. The van der Waals surface area contributed by atoms with Gasteiger partial charge < -0.3 is 9.64 Å². The molecule has 0 radical (unpaired) electrons. The standard InChI is InChI=1S/C15H19FN2O2/c1-10(11-6-7-20-9-11)18-14(19)8-17-15(18)12-4-2-3-5-13(12)16/h2-5,10-11,15,17H,6-9H2,1H3. The van der Waals surface area contributed by atoms with E-state index in [1.807, 2.05) is 6.92 Å². The summed E-state index contributed by atoms with van der Waals surface area (Å²) >= 11 is 0. The Morgan fingerprint density at radius 1 is 1.45 bits per heavy atom. The SMILES string of the molecule is CC(C1CCOC1)N1C(=O)CNC1c1ccccc1F. The van der Waals surface area contributed by atoms with Crippen molar-refractivity contribution in [2.24, 2.45) is 5.92 Å². The van der Waals surface area contributed by atoms with Gasteiger partial charge in [-0.25, -0.2) is 4.39 Å². The van der Waals surface area contributed by atoms with E-state index in [0.29, 0.717) is 18.1 Å². The van der Waals surface area contributed by atoms with E-state index in [0.717, 1.165) is 13.0 Å². The van der Waals surface area contributed by atoms with Gasteiger partial charge in [-0.3, -0.25) is 10.1 Å². The van der Waals surface area contributed by atoms with Gasteiger partial charge in [-0.2, -0.15) is 0 Å². The van der Waals surface area contributed by atoms with Crippen LogP contribution in [0.15, 0.2) is 24.3 Å². The summed E-state index contributed by atoms with van der Waals surface area (Å²) in [6, 6.07) is 6.67. The lowest BCUT2D eigenvalue weighted by atomic mass is 9.98. The summed E-state index contributed by atoms with van der Waals surface area (Å²) in [6.45, 7) is 3.71. The van der Waals surface area contributed by atoms with Crippen molar-refractivity contribution in [2.45, 2.75) is 25.6 Å². The number of halogens is 1. The number of rotatable bonds is 3. The Bertz CT molecular complexity index is 502. The third-order valence-corrected chi connectivity index (χ3v) is 4.30. The monoisotopic (exact) mass is 278 g/mol. The number of nitrogens with zero attached hydrogens (tertiary/aromatic N) is 1. The van der Waals surface area contributed by atoms with Crippen LogP contribution in [-0.2, 0) is 9.53 Å². The largest absolute Gasteiger partial charge is 0.381 e. The van der Waals surface area contributed by atoms with Crippen LogP contribution >= 0.6 is 0 Å². The minimum atomic E-state index is -0.376. The molecule has 4 nitrogen and oxygen atoms in total. The number of benzene rings is 1. The van der Waals surface area contributed by atoms with Crippen molar-refractivity contribution in [1.82, 2.24) is 10.2 Å². The quantitative estimate of drug-likeness (QED) is 0.914. The predicted molar refractivity (Wildman–Crippen MR) is 72.4 cm³/mol. The lowest BCUT2D eigenvalue weighted by Gasteiger charge is -2.33. The van der Waals surface area contributed by atoms with Gasteiger partial charge in [0.05, 0.1) is 13.2 Å². The smallest absolute Gasteiger partial charge is 0.238 e. The first-order valence-electron chi connectivity index (χ1n) is 7.05. The zero-order valence-electron chi connectivity index (χ0n) is 11.5. The average molecular weight is 278 g/mol. The van der Waals surface area contributed by atoms with E-state index < -0.39 is 0 Å². The second-order valence-corrected chi connectivity index (χ2v) is 5.47. The van der Waals surface area contributed by atoms with E-state index >= 15 is 0 Å². The molecule has 5 heteroatoms. The number of nitrogens with one attached hydrogen (secondary N) is 1. The van der Waals surface area contributed by atoms with Crippen LogP contribution in [0.2, 0.25) is 0 Å². The second-order valence-electron chi connectivity index (χ2n) is 5.47. The van der Waals surface area contributed by atoms with Crippen LogP contribution in [0.4, 0.5) is 4.39 Å². The van der Waals surface area contributed by atoms with Crippen LogP contribution in [0.5, 0.6) is 0 Å². The van der Waals surface area contributed by atoms with Crippen molar-refractivity contribution in [1.29, 1.82) is 0 Å². The molecule has 1 aromatic carbocycles. The van der Waals surface area contributed by atoms with Crippen molar-refractivity contribution < 1.29 is 13.9 Å². The van der Waals surface area contributed by atoms with Gasteiger partial charge in [0.25, 0.3) is 0 Å². The van der Waals surface area contributed by atoms with Gasteiger partial charge in [-0.1, -0.05) is 18.2 Å². The highest BCUT2D eigenvalue weighted by Crippen LogP contribution is 2.31. The van der Waals surface area contributed by atoms with Crippen LogP contribution in [0.3, 0.4) is 0 Å². The molecule has 0 saturated carbocycles. The zero-order valence-corrected chi connectivity index (χ0v) is 11.5. The van der Waals surface area contributed by atoms with Crippen LogP contribution in [-0.4, -0.2) is 36.6 Å². The fourth-order valence-electron chi connectivity index (χ4n) is 3.10. The summed E-state index contributed by atoms with van der Waals surface area (Å²) in [5, 5.41) is 3.11. The van der Waals surface area contributed by atoms with Crippen molar-refractivity contribution in [2.75, 3.05) is 19.8 Å². The molecule has 3 rings (SSSR count). The van der Waals surface area contributed by atoms with E-state index in [2.05, 4.69) is 5.32 Å². The Morgan fingerprint density at radius 3 is 2.95 bits per heavy atom. The van der Waals surface area contributed by atoms with E-state index in [4.69, 9.17) is 4.74 Å². The van der Waals surface area contributed by atoms with Gasteiger partial charge in [0, 0.05) is 24.1 Å². The molecule has 0 aliphatic carbocycles. The first-order chi connectivity index (χ1) is 9.68. The summed E-state index contributed by atoms with van der Waals surface area (Å²) in [6.07, 6.45) is 0.578. The maximum absolute atomic E-state index is 14.0. The third-order valence-electron chi connectivity index (χ3n) is 4.30. The number of amides is 1. The number of carbonyl (C=O) groups is 1. The van der Waals surface area contributed by atoms with Gasteiger partial charge in [0.2, 0.25) is 5.91 Å². The van der Waals surface area contributed by atoms with Crippen LogP contribution < -0.4 is 5.32 Å². The highest BCUT2D eigenvalue weighted by molar-refractivity contribution is 5.81. The molecule has 3 unspecified atom stereocenters. The van der Waals surface area contributed by atoms with Gasteiger partial charge in [0.1, 0.15) is 12.0 Å². The number of ether oxygens (including phenoxy) is 1. The topological polar surface area (TPSA) is 41.6 Å². The normalized spacial score (nSPS) is 28.1. The van der Waals surface area contributed by atoms with Crippen molar-refractivity contribution >= 4 is 5.91 Å². The van der Waals surface area contributed by atoms with E-state index in [1.165, 1.54) is 6.07 Å². The maximum atomic E-state index is 14.0. The molecule has 20 heavy (non-hydrogen) atoms. The fourth-order valence-corrected chi connectivity index (χ4v) is 3.10. The molecule has 1 amide bonds. The summed E-state index contributed by atoms with van der Waals surface area (Å²) in [4.78, 5) is 13.9. The number of hydrogen-bond donors (Lipinski definition) is 1. The van der Waals surface area contributed by atoms with E-state index in [-0.39, 0.29) is 30.5 Å². The Labute approximate surface area is 117 Å². The number of hydrogen-bond acceptors (Lipinski definition) is 3. The van der Waals surface area contributed by atoms with Gasteiger partial charge in [0.15, 0.2) is 0 Å². The molecule has 2 aliphatic heterocycles. The molecule has 0 spiro atoms. The Balaban J connectivity index is 1.86. The van der Waals surface area contributed by atoms with Gasteiger partial charge >= 0.3 is 0 Å². The lowest BCUT2D eigenvalue weighted by Crippen LogP contribution is -2.42. The highest BCUT2D eigenvalue weighted by Gasteiger charge is 2.39. The fraction of sp³-hybridized carbons (Fsp3) is 0.533. The highest BCUT2D eigenvalue weighted by atomic mass is 19.1.